The van der Waals surface area contributed by atoms with Gasteiger partial charge < -0.3 is 10.2 Å². The second-order valence-electron chi connectivity index (χ2n) is 7.02. The minimum Gasteiger partial charge on any atom is -0.324 e. The summed E-state index contributed by atoms with van der Waals surface area (Å²) in [6.07, 6.45) is 0.248. The number of nitrogens with zero attached hydrogens (tertiary/aromatic N) is 2. The van der Waals surface area contributed by atoms with Gasteiger partial charge in [0.15, 0.2) is 0 Å². The molecule has 142 valence electrons. The van der Waals surface area contributed by atoms with Crippen LogP contribution in [0.15, 0.2) is 48.5 Å². The summed E-state index contributed by atoms with van der Waals surface area (Å²) in [5.41, 5.74) is 2.30. The van der Waals surface area contributed by atoms with Crippen LogP contribution >= 0.6 is 0 Å². The van der Waals surface area contributed by atoms with E-state index < -0.39 is 0 Å². The number of rotatable bonds is 4. The summed E-state index contributed by atoms with van der Waals surface area (Å²) in [5.74, 6) is -0.460. The van der Waals surface area contributed by atoms with E-state index in [1.807, 2.05) is 44.0 Å². The summed E-state index contributed by atoms with van der Waals surface area (Å²) in [4.78, 5) is 28.8. The molecule has 0 radical (unpaired) electrons. The number of carbonyl (C=O) groups is 2. The number of fused-ring (bicyclic) bond motifs is 1. The van der Waals surface area contributed by atoms with Crippen LogP contribution in [0.4, 0.5) is 15.8 Å². The molecule has 0 aliphatic carbocycles. The molecule has 2 amide bonds. The Morgan fingerprint density at radius 3 is 2.63 bits per heavy atom. The third kappa shape index (κ3) is 4.17. The molecule has 1 N–H and O–H groups in total. The SMILES string of the molecule is CC(c1ccc(F)cc1)N(C)CC(=O)N1c2ccccc2NC(=O)CC1C. The predicted octanol–water partition coefficient (Wildman–Crippen LogP) is 3.58. The first kappa shape index (κ1) is 19.0. The predicted molar refractivity (Wildman–Crippen MR) is 104 cm³/mol. The fraction of sp³-hybridized carbons (Fsp3) is 0.333. The highest BCUT2D eigenvalue weighted by Crippen LogP contribution is 2.31. The van der Waals surface area contributed by atoms with Crippen LogP contribution in [0.5, 0.6) is 0 Å². The van der Waals surface area contributed by atoms with E-state index in [0.717, 1.165) is 5.56 Å². The third-order valence-electron chi connectivity index (χ3n) is 5.03. The number of benzene rings is 2. The molecule has 1 aliphatic heterocycles. The number of anilines is 2. The van der Waals surface area contributed by atoms with Crippen molar-refractivity contribution in [3.05, 3.63) is 59.9 Å². The molecule has 2 unspecified atom stereocenters. The smallest absolute Gasteiger partial charge is 0.241 e. The van der Waals surface area contributed by atoms with Crippen LogP contribution in [0.1, 0.15) is 31.9 Å². The highest BCUT2D eigenvalue weighted by atomic mass is 19.1. The fourth-order valence-corrected chi connectivity index (χ4v) is 3.39. The van der Waals surface area contributed by atoms with E-state index in [0.29, 0.717) is 11.4 Å². The van der Waals surface area contributed by atoms with Crippen LogP contribution in [-0.4, -0.2) is 36.3 Å². The Kier molecular flexibility index (Phi) is 5.56. The van der Waals surface area contributed by atoms with Crippen molar-refractivity contribution in [2.45, 2.75) is 32.4 Å². The van der Waals surface area contributed by atoms with Crippen molar-refractivity contribution in [3.8, 4) is 0 Å². The van der Waals surface area contributed by atoms with E-state index in [4.69, 9.17) is 0 Å². The number of likely N-dealkylation sites (N-methyl/N-ethyl adjacent to an activating group) is 1. The summed E-state index contributed by atoms with van der Waals surface area (Å²) in [6.45, 7) is 4.04. The van der Waals surface area contributed by atoms with Crippen LogP contribution in [0.25, 0.3) is 0 Å². The summed E-state index contributed by atoms with van der Waals surface area (Å²) >= 11 is 0. The lowest BCUT2D eigenvalue weighted by molar-refractivity contribution is -0.120. The Morgan fingerprint density at radius 1 is 1.26 bits per heavy atom. The van der Waals surface area contributed by atoms with Gasteiger partial charge in [-0.2, -0.15) is 0 Å². The number of amides is 2. The molecule has 5 nitrogen and oxygen atoms in total. The third-order valence-corrected chi connectivity index (χ3v) is 5.03. The Balaban J connectivity index is 1.80. The van der Waals surface area contributed by atoms with Gasteiger partial charge in [-0.25, -0.2) is 4.39 Å². The Bertz CT molecular complexity index is 838. The molecule has 1 aliphatic rings. The van der Waals surface area contributed by atoms with Crippen LogP contribution < -0.4 is 10.2 Å². The molecule has 27 heavy (non-hydrogen) atoms. The first-order valence-corrected chi connectivity index (χ1v) is 9.03. The van der Waals surface area contributed by atoms with Crippen LogP contribution in [-0.2, 0) is 9.59 Å². The molecule has 0 fully saturated rings. The largest absolute Gasteiger partial charge is 0.324 e. The molecule has 6 heteroatoms. The molecular weight excluding hydrogens is 345 g/mol. The maximum atomic E-state index is 13.2. The van der Waals surface area contributed by atoms with Crippen molar-refractivity contribution in [1.29, 1.82) is 0 Å². The highest BCUT2D eigenvalue weighted by Gasteiger charge is 2.30. The molecule has 0 aromatic heterocycles. The number of carbonyl (C=O) groups excluding carboxylic acids is 2. The lowest BCUT2D eigenvalue weighted by atomic mass is 10.1. The number of halogens is 1. The van der Waals surface area contributed by atoms with Gasteiger partial charge in [0, 0.05) is 18.5 Å². The van der Waals surface area contributed by atoms with Gasteiger partial charge in [-0.3, -0.25) is 14.5 Å². The van der Waals surface area contributed by atoms with Crippen molar-refractivity contribution < 1.29 is 14.0 Å². The maximum absolute atomic E-state index is 13.2. The van der Waals surface area contributed by atoms with E-state index >= 15 is 0 Å². The second kappa shape index (κ2) is 7.88. The molecule has 2 atom stereocenters. The zero-order chi connectivity index (χ0) is 19.6. The van der Waals surface area contributed by atoms with Crippen LogP contribution in [0.2, 0.25) is 0 Å². The molecule has 0 bridgehead atoms. The minimum atomic E-state index is -0.281. The number of para-hydroxylation sites is 2. The molecule has 1 heterocycles. The van der Waals surface area contributed by atoms with Crippen LogP contribution in [0, 0.1) is 5.82 Å². The van der Waals surface area contributed by atoms with Gasteiger partial charge in [0.05, 0.1) is 17.9 Å². The summed E-state index contributed by atoms with van der Waals surface area (Å²) in [5, 5.41) is 2.86. The van der Waals surface area contributed by atoms with Gasteiger partial charge in [0.25, 0.3) is 0 Å². The number of nitrogens with one attached hydrogen (secondary N) is 1. The maximum Gasteiger partial charge on any atom is 0.241 e. The lowest BCUT2D eigenvalue weighted by Gasteiger charge is -2.31. The molecule has 3 rings (SSSR count). The summed E-state index contributed by atoms with van der Waals surface area (Å²) in [7, 11) is 1.86. The number of hydrogen-bond donors (Lipinski definition) is 1. The molecule has 0 spiro atoms. The van der Waals surface area contributed by atoms with Crippen molar-refractivity contribution in [2.24, 2.45) is 0 Å². The van der Waals surface area contributed by atoms with Crippen molar-refractivity contribution in [3.63, 3.8) is 0 Å². The summed E-state index contributed by atoms with van der Waals surface area (Å²) in [6, 6.07) is 13.4. The van der Waals surface area contributed by atoms with Gasteiger partial charge in [-0.1, -0.05) is 24.3 Å². The monoisotopic (exact) mass is 369 g/mol. The minimum absolute atomic E-state index is 0.0492. The zero-order valence-corrected chi connectivity index (χ0v) is 15.8. The lowest BCUT2D eigenvalue weighted by Crippen LogP contribution is -2.44. The molecule has 2 aromatic carbocycles. The Morgan fingerprint density at radius 2 is 1.93 bits per heavy atom. The van der Waals surface area contributed by atoms with Gasteiger partial charge in [-0.15, -0.1) is 0 Å². The van der Waals surface area contributed by atoms with Crippen LogP contribution in [0.3, 0.4) is 0 Å². The van der Waals surface area contributed by atoms with Gasteiger partial charge in [-0.05, 0) is 50.7 Å². The highest BCUT2D eigenvalue weighted by molar-refractivity contribution is 6.04. The van der Waals surface area contributed by atoms with Gasteiger partial charge in [0.2, 0.25) is 11.8 Å². The zero-order valence-electron chi connectivity index (χ0n) is 15.8. The molecule has 0 saturated carbocycles. The fourth-order valence-electron chi connectivity index (χ4n) is 3.39. The average molecular weight is 369 g/mol. The van der Waals surface area contributed by atoms with E-state index in [2.05, 4.69) is 5.32 Å². The van der Waals surface area contributed by atoms with Gasteiger partial charge >= 0.3 is 0 Å². The van der Waals surface area contributed by atoms with Crippen molar-refractivity contribution in [2.75, 3.05) is 23.8 Å². The van der Waals surface area contributed by atoms with Gasteiger partial charge in [0.1, 0.15) is 5.82 Å². The topological polar surface area (TPSA) is 52.7 Å². The first-order chi connectivity index (χ1) is 12.9. The van der Waals surface area contributed by atoms with Crippen molar-refractivity contribution >= 4 is 23.2 Å². The standard InChI is InChI=1S/C21H24FN3O2/c1-14-12-20(26)23-18-6-4-5-7-19(18)25(14)21(27)13-24(3)15(2)16-8-10-17(22)11-9-16/h4-11,14-15H,12-13H2,1-3H3,(H,23,26). The summed E-state index contributed by atoms with van der Waals surface area (Å²) < 4.78 is 13.2. The first-order valence-electron chi connectivity index (χ1n) is 9.03. The number of hydrogen-bond acceptors (Lipinski definition) is 3. The van der Waals surface area contributed by atoms with E-state index in [-0.39, 0.29) is 42.7 Å². The van der Waals surface area contributed by atoms with E-state index in [1.54, 1.807) is 23.1 Å². The second-order valence-corrected chi connectivity index (χ2v) is 7.02. The quantitative estimate of drug-likeness (QED) is 0.896. The average Bonchev–Trinajstić information content (AvgIpc) is 2.75. The van der Waals surface area contributed by atoms with E-state index in [1.165, 1.54) is 12.1 Å². The Labute approximate surface area is 158 Å². The molecular formula is C21H24FN3O2. The normalized spacial score (nSPS) is 17.9. The molecule has 0 saturated heterocycles. The molecule has 2 aromatic rings. The van der Waals surface area contributed by atoms with Crippen molar-refractivity contribution in [1.82, 2.24) is 4.90 Å². The Hall–Kier alpha value is -2.73. The van der Waals surface area contributed by atoms with E-state index in [9.17, 15) is 14.0 Å².